The summed E-state index contributed by atoms with van der Waals surface area (Å²) in [7, 11) is 1.96. The summed E-state index contributed by atoms with van der Waals surface area (Å²) in [6.45, 7) is 1.41. The molecule has 0 N–H and O–H groups in total. The minimum atomic E-state index is -0.337. The molecule has 0 spiro atoms. The van der Waals surface area contributed by atoms with Crippen LogP contribution in [-0.4, -0.2) is 36.2 Å². The molecular weight excluding hydrogens is 371 g/mol. The summed E-state index contributed by atoms with van der Waals surface area (Å²) in [4.78, 5) is 16.6. The van der Waals surface area contributed by atoms with Crippen molar-refractivity contribution < 1.29 is 13.6 Å². The lowest BCUT2D eigenvalue weighted by molar-refractivity contribution is -0.118. The van der Waals surface area contributed by atoms with E-state index in [1.165, 1.54) is 12.1 Å². The maximum Gasteiger partial charge on any atom is 0.247 e. The number of benzene rings is 2. The van der Waals surface area contributed by atoms with Gasteiger partial charge in [0.25, 0.3) is 0 Å². The Morgan fingerprint density at radius 3 is 2.76 bits per heavy atom. The number of anilines is 2. The molecular formula is C22H23FN4O2. The molecule has 0 bridgehead atoms. The topological polar surface area (TPSA) is 62.5 Å². The van der Waals surface area contributed by atoms with Gasteiger partial charge in [-0.05, 0) is 43.2 Å². The first-order valence-electron chi connectivity index (χ1n) is 9.80. The number of aryl methyl sites for hydroxylation is 1. The number of hydrogen-bond acceptors (Lipinski definition) is 5. The predicted octanol–water partition coefficient (Wildman–Crippen LogP) is 4.07. The highest BCUT2D eigenvalue weighted by molar-refractivity contribution is 5.97. The maximum absolute atomic E-state index is 13.8. The van der Waals surface area contributed by atoms with Crippen molar-refractivity contribution in [3.8, 4) is 11.5 Å². The molecule has 7 heteroatoms. The van der Waals surface area contributed by atoms with Gasteiger partial charge in [0.1, 0.15) is 5.82 Å². The van der Waals surface area contributed by atoms with Crippen molar-refractivity contribution in [3.05, 3.63) is 60.2 Å². The van der Waals surface area contributed by atoms with Crippen molar-refractivity contribution in [3.63, 3.8) is 0 Å². The van der Waals surface area contributed by atoms with E-state index in [1.54, 1.807) is 11.0 Å². The first kappa shape index (κ1) is 19.1. The van der Waals surface area contributed by atoms with Crippen LogP contribution in [0.15, 0.2) is 52.9 Å². The van der Waals surface area contributed by atoms with Gasteiger partial charge in [0.2, 0.25) is 17.7 Å². The summed E-state index contributed by atoms with van der Waals surface area (Å²) in [5.74, 6) is 0.636. The van der Waals surface area contributed by atoms with E-state index in [0.717, 1.165) is 24.2 Å². The first-order chi connectivity index (χ1) is 14.1. The van der Waals surface area contributed by atoms with Crippen molar-refractivity contribution in [2.45, 2.75) is 25.7 Å². The SMILES string of the molecule is CN1CCCN(C(=O)CCCc2nnc(-c3ccccc3)o2)c2cc(F)ccc21. The van der Waals surface area contributed by atoms with Crippen molar-refractivity contribution in [1.82, 2.24) is 10.2 Å². The minimum absolute atomic E-state index is 0.0186. The summed E-state index contributed by atoms with van der Waals surface area (Å²) >= 11 is 0. The number of fused-ring (bicyclic) bond motifs is 1. The van der Waals surface area contributed by atoms with Crippen LogP contribution in [-0.2, 0) is 11.2 Å². The molecule has 29 heavy (non-hydrogen) atoms. The zero-order valence-corrected chi connectivity index (χ0v) is 16.3. The molecule has 1 aliphatic heterocycles. The zero-order valence-electron chi connectivity index (χ0n) is 16.3. The highest BCUT2D eigenvalue weighted by atomic mass is 19.1. The molecule has 1 aromatic heterocycles. The molecule has 0 saturated heterocycles. The van der Waals surface area contributed by atoms with Gasteiger partial charge in [-0.25, -0.2) is 4.39 Å². The molecule has 2 aromatic carbocycles. The van der Waals surface area contributed by atoms with E-state index in [-0.39, 0.29) is 11.7 Å². The van der Waals surface area contributed by atoms with Gasteiger partial charge in [-0.3, -0.25) is 4.79 Å². The molecule has 0 aliphatic carbocycles. The highest BCUT2D eigenvalue weighted by Crippen LogP contribution is 2.33. The quantitative estimate of drug-likeness (QED) is 0.653. The van der Waals surface area contributed by atoms with Crippen LogP contribution in [0.1, 0.15) is 25.2 Å². The second-order valence-corrected chi connectivity index (χ2v) is 7.17. The highest BCUT2D eigenvalue weighted by Gasteiger charge is 2.23. The fraction of sp³-hybridized carbons (Fsp3) is 0.318. The summed E-state index contributed by atoms with van der Waals surface area (Å²) in [5.41, 5.74) is 2.38. The van der Waals surface area contributed by atoms with Gasteiger partial charge < -0.3 is 14.2 Å². The second kappa shape index (κ2) is 8.43. The molecule has 3 aromatic rings. The van der Waals surface area contributed by atoms with E-state index < -0.39 is 0 Å². The molecule has 0 saturated carbocycles. The van der Waals surface area contributed by atoms with Crippen molar-refractivity contribution in [1.29, 1.82) is 0 Å². The third-order valence-electron chi connectivity index (χ3n) is 5.08. The number of aromatic nitrogens is 2. The lowest BCUT2D eigenvalue weighted by Gasteiger charge is -2.24. The maximum atomic E-state index is 13.8. The van der Waals surface area contributed by atoms with E-state index in [2.05, 4.69) is 15.1 Å². The van der Waals surface area contributed by atoms with Gasteiger partial charge in [-0.1, -0.05) is 18.2 Å². The number of carbonyl (C=O) groups excluding carboxylic acids is 1. The molecule has 0 fully saturated rings. The van der Waals surface area contributed by atoms with Crippen LogP contribution in [0.2, 0.25) is 0 Å². The number of carbonyl (C=O) groups is 1. The van der Waals surface area contributed by atoms with E-state index in [4.69, 9.17) is 4.42 Å². The summed E-state index contributed by atoms with van der Waals surface area (Å²) in [5, 5.41) is 8.15. The normalized spacial score (nSPS) is 13.9. The number of amides is 1. The van der Waals surface area contributed by atoms with Crippen LogP contribution in [0.25, 0.3) is 11.5 Å². The largest absolute Gasteiger partial charge is 0.421 e. The molecule has 4 rings (SSSR count). The molecule has 1 amide bonds. The minimum Gasteiger partial charge on any atom is -0.421 e. The Labute approximate surface area is 169 Å². The number of nitrogens with zero attached hydrogens (tertiary/aromatic N) is 4. The molecule has 150 valence electrons. The van der Waals surface area contributed by atoms with E-state index in [9.17, 15) is 9.18 Å². The molecule has 6 nitrogen and oxygen atoms in total. The Kier molecular flexibility index (Phi) is 5.55. The van der Waals surface area contributed by atoms with Gasteiger partial charge in [-0.2, -0.15) is 0 Å². The van der Waals surface area contributed by atoms with Gasteiger partial charge >= 0.3 is 0 Å². The number of rotatable bonds is 5. The monoisotopic (exact) mass is 394 g/mol. The molecule has 1 aliphatic rings. The molecule has 0 radical (unpaired) electrons. The molecule has 2 heterocycles. The molecule has 0 unspecified atom stereocenters. The predicted molar refractivity (Wildman–Crippen MR) is 109 cm³/mol. The van der Waals surface area contributed by atoms with Crippen LogP contribution in [0, 0.1) is 5.82 Å². The summed E-state index contributed by atoms with van der Waals surface area (Å²) in [6.07, 6.45) is 2.28. The summed E-state index contributed by atoms with van der Waals surface area (Å²) in [6, 6.07) is 14.2. The fourth-order valence-electron chi connectivity index (χ4n) is 3.58. The van der Waals surface area contributed by atoms with Crippen molar-refractivity contribution in [2.24, 2.45) is 0 Å². The van der Waals surface area contributed by atoms with Crippen LogP contribution >= 0.6 is 0 Å². The van der Waals surface area contributed by atoms with Crippen LogP contribution in [0.5, 0.6) is 0 Å². The molecule has 0 atom stereocenters. The van der Waals surface area contributed by atoms with Crippen LogP contribution in [0.3, 0.4) is 0 Å². The van der Waals surface area contributed by atoms with Gasteiger partial charge in [0, 0.05) is 38.5 Å². The average Bonchev–Trinajstić information content (AvgIpc) is 3.14. The van der Waals surface area contributed by atoms with E-state index >= 15 is 0 Å². The van der Waals surface area contributed by atoms with Gasteiger partial charge in [0.15, 0.2) is 0 Å². The van der Waals surface area contributed by atoms with Crippen LogP contribution in [0.4, 0.5) is 15.8 Å². The fourth-order valence-corrected chi connectivity index (χ4v) is 3.58. The second-order valence-electron chi connectivity index (χ2n) is 7.17. The first-order valence-corrected chi connectivity index (χ1v) is 9.80. The Balaban J connectivity index is 1.40. The van der Waals surface area contributed by atoms with Crippen molar-refractivity contribution >= 4 is 17.3 Å². The average molecular weight is 394 g/mol. The van der Waals surface area contributed by atoms with E-state index in [0.29, 0.717) is 43.3 Å². The lowest BCUT2D eigenvalue weighted by Crippen LogP contribution is -2.31. The van der Waals surface area contributed by atoms with Gasteiger partial charge in [0.05, 0.1) is 11.4 Å². The Morgan fingerprint density at radius 2 is 1.93 bits per heavy atom. The van der Waals surface area contributed by atoms with Crippen LogP contribution < -0.4 is 9.80 Å². The van der Waals surface area contributed by atoms with Gasteiger partial charge in [-0.15, -0.1) is 10.2 Å². The van der Waals surface area contributed by atoms with Crippen molar-refractivity contribution in [2.75, 3.05) is 29.9 Å². The van der Waals surface area contributed by atoms with E-state index in [1.807, 2.05) is 37.4 Å². The smallest absolute Gasteiger partial charge is 0.247 e. The Morgan fingerprint density at radius 1 is 1.10 bits per heavy atom. The summed E-state index contributed by atoms with van der Waals surface area (Å²) < 4.78 is 19.5. The lowest BCUT2D eigenvalue weighted by atomic mass is 10.2. The zero-order chi connectivity index (χ0) is 20.2. The third kappa shape index (κ3) is 4.29. The number of hydrogen-bond donors (Lipinski definition) is 0. The standard InChI is InChI=1S/C22H23FN4O2/c1-26-13-6-14-27(19-15-17(23)11-12-18(19)26)21(28)10-5-9-20-24-25-22(29-20)16-7-3-2-4-8-16/h2-4,7-8,11-12,15H,5-6,9-10,13-14H2,1H3. The number of halogens is 1. The Hall–Kier alpha value is -3.22. The Bertz CT molecular complexity index is 989. The third-order valence-corrected chi connectivity index (χ3v) is 5.08.